The number of carbonyl (C=O) groups is 1. The molecule has 1 fully saturated rings. The van der Waals surface area contributed by atoms with E-state index in [1.54, 1.807) is 0 Å². The van der Waals surface area contributed by atoms with Crippen LogP contribution in [0.2, 0.25) is 0 Å². The molecule has 3 N–H and O–H groups in total. The third kappa shape index (κ3) is 7.00. The zero-order valence-corrected chi connectivity index (χ0v) is 11.7. The van der Waals surface area contributed by atoms with Crippen molar-refractivity contribution in [2.24, 2.45) is 17.6 Å². The number of rotatable bonds is 9. The number of nitrogens with two attached hydrogens (primary N) is 1. The van der Waals surface area contributed by atoms with Crippen LogP contribution < -0.4 is 5.73 Å². The highest BCUT2D eigenvalue weighted by Crippen LogP contribution is 2.30. The van der Waals surface area contributed by atoms with Crippen molar-refractivity contribution < 1.29 is 9.90 Å². The van der Waals surface area contributed by atoms with Crippen molar-refractivity contribution in [2.75, 3.05) is 0 Å². The lowest BCUT2D eigenvalue weighted by atomic mass is 9.92. The van der Waals surface area contributed by atoms with Gasteiger partial charge in [-0.25, -0.2) is 0 Å². The first-order valence-corrected chi connectivity index (χ1v) is 7.55. The van der Waals surface area contributed by atoms with Crippen LogP contribution in [0, 0.1) is 11.8 Å². The molecule has 2 atom stereocenters. The van der Waals surface area contributed by atoms with Gasteiger partial charge in [0, 0.05) is 6.04 Å². The second kappa shape index (κ2) is 8.52. The molecule has 1 saturated carbocycles. The first-order valence-electron chi connectivity index (χ1n) is 7.55. The molecule has 3 nitrogen and oxygen atoms in total. The molecule has 0 spiro atoms. The van der Waals surface area contributed by atoms with E-state index in [1.165, 1.54) is 44.9 Å². The van der Waals surface area contributed by atoms with Crippen molar-refractivity contribution >= 4 is 5.97 Å². The predicted octanol–water partition coefficient (Wildman–Crippen LogP) is 3.57. The van der Waals surface area contributed by atoms with Crippen LogP contribution in [0.4, 0.5) is 0 Å². The van der Waals surface area contributed by atoms with Gasteiger partial charge in [-0.15, -0.1) is 0 Å². The Morgan fingerprint density at radius 2 is 1.94 bits per heavy atom. The molecule has 18 heavy (non-hydrogen) atoms. The van der Waals surface area contributed by atoms with E-state index in [1.807, 2.05) is 0 Å². The Hall–Kier alpha value is -0.570. The van der Waals surface area contributed by atoms with Crippen LogP contribution in [-0.4, -0.2) is 17.1 Å². The summed E-state index contributed by atoms with van der Waals surface area (Å²) in [4.78, 5) is 10.5. The third-order valence-corrected chi connectivity index (χ3v) is 4.25. The average Bonchev–Trinajstić information content (AvgIpc) is 2.78. The highest BCUT2D eigenvalue weighted by Gasteiger charge is 2.15. The first kappa shape index (κ1) is 15.5. The molecule has 1 rings (SSSR count). The lowest BCUT2D eigenvalue weighted by Crippen LogP contribution is -2.24. The predicted molar refractivity (Wildman–Crippen MR) is 74.4 cm³/mol. The molecule has 0 unspecified atom stereocenters. The summed E-state index contributed by atoms with van der Waals surface area (Å²) < 4.78 is 0. The number of carboxylic acid groups (broad SMARTS) is 1. The Labute approximate surface area is 111 Å². The minimum Gasteiger partial charge on any atom is -0.481 e. The zero-order valence-electron chi connectivity index (χ0n) is 11.7. The molecular formula is C15H29NO2. The standard InChI is InChI=1S/C15H29NO2/c1-12(9-10-14(16)11-15(17)18)5-4-8-13-6-2-3-7-13/h12-14H,2-11,16H2,1H3,(H,17,18)/t12-,14+/m1/s1. The molecule has 0 radical (unpaired) electrons. The zero-order chi connectivity index (χ0) is 13.4. The van der Waals surface area contributed by atoms with Crippen LogP contribution in [0.15, 0.2) is 0 Å². The van der Waals surface area contributed by atoms with E-state index in [0.717, 1.165) is 18.8 Å². The van der Waals surface area contributed by atoms with Crippen molar-refractivity contribution in [2.45, 2.75) is 77.2 Å². The first-order chi connectivity index (χ1) is 8.58. The summed E-state index contributed by atoms with van der Waals surface area (Å²) in [5, 5.41) is 8.63. The molecule has 0 aromatic carbocycles. The van der Waals surface area contributed by atoms with Crippen molar-refractivity contribution in [1.29, 1.82) is 0 Å². The quantitative estimate of drug-likeness (QED) is 0.662. The number of hydrogen-bond donors (Lipinski definition) is 2. The van der Waals surface area contributed by atoms with Gasteiger partial charge >= 0.3 is 5.97 Å². The number of aliphatic carboxylic acids is 1. The molecule has 0 aromatic rings. The summed E-state index contributed by atoms with van der Waals surface area (Å²) in [5.41, 5.74) is 5.77. The van der Waals surface area contributed by atoms with Gasteiger partial charge in [0.15, 0.2) is 0 Å². The molecule has 0 aromatic heterocycles. The molecule has 0 saturated heterocycles. The molecule has 106 valence electrons. The summed E-state index contributed by atoms with van der Waals surface area (Å²) >= 11 is 0. The van der Waals surface area contributed by atoms with Crippen LogP contribution in [0.5, 0.6) is 0 Å². The monoisotopic (exact) mass is 255 g/mol. The van der Waals surface area contributed by atoms with Crippen molar-refractivity contribution in [3.05, 3.63) is 0 Å². The second-order valence-corrected chi connectivity index (χ2v) is 6.12. The molecule has 3 heteroatoms. The summed E-state index contributed by atoms with van der Waals surface area (Å²) in [7, 11) is 0. The Bertz CT molecular complexity index is 237. The Morgan fingerprint density at radius 3 is 2.56 bits per heavy atom. The number of hydrogen-bond acceptors (Lipinski definition) is 2. The van der Waals surface area contributed by atoms with Gasteiger partial charge in [-0.05, 0) is 24.7 Å². The molecule has 0 aliphatic heterocycles. The molecule has 0 amide bonds. The fourth-order valence-corrected chi connectivity index (χ4v) is 3.02. The van der Waals surface area contributed by atoms with Crippen LogP contribution >= 0.6 is 0 Å². The van der Waals surface area contributed by atoms with Crippen LogP contribution in [0.3, 0.4) is 0 Å². The lowest BCUT2D eigenvalue weighted by Gasteiger charge is -2.15. The fraction of sp³-hybridized carbons (Fsp3) is 0.933. The maximum atomic E-state index is 10.5. The van der Waals surface area contributed by atoms with Gasteiger partial charge in [-0.2, -0.15) is 0 Å². The van der Waals surface area contributed by atoms with E-state index in [4.69, 9.17) is 10.8 Å². The van der Waals surface area contributed by atoms with Gasteiger partial charge in [0.05, 0.1) is 6.42 Å². The van der Waals surface area contributed by atoms with E-state index < -0.39 is 5.97 Å². The smallest absolute Gasteiger partial charge is 0.304 e. The second-order valence-electron chi connectivity index (χ2n) is 6.12. The summed E-state index contributed by atoms with van der Waals surface area (Å²) in [6, 6.07) is -0.167. The van der Waals surface area contributed by atoms with Crippen LogP contribution in [-0.2, 0) is 4.79 Å². The fourth-order valence-electron chi connectivity index (χ4n) is 3.02. The van der Waals surface area contributed by atoms with E-state index in [0.29, 0.717) is 5.92 Å². The van der Waals surface area contributed by atoms with E-state index in [9.17, 15) is 4.79 Å². The Balaban J connectivity index is 1.99. The largest absolute Gasteiger partial charge is 0.481 e. The Morgan fingerprint density at radius 1 is 1.28 bits per heavy atom. The molecule has 0 bridgehead atoms. The summed E-state index contributed by atoms with van der Waals surface area (Å²) in [6.45, 7) is 2.27. The maximum Gasteiger partial charge on any atom is 0.304 e. The van der Waals surface area contributed by atoms with E-state index in [-0.39, 0.29) is 12.5 Å². The number of carboxylic acids is 1. The van der Waals surface area contributed by atoms with E-state index in [2.05, 4.69) is 6.92 Å². The molecule has 1 aliphatic carbocycles. The molecule has 1 aliphatic rings. The summed E-state index contributed by atoms with van der Waals surface area (Å²) in [6.07, 6.45) is 11.8. The molecular weight excluding hydrogens is 226 g/mol. The normalized spacial score (nSPS) is 19.9. The minimum atomic E-state index is -0.781. The van der Waals surface area contributed by atoms with Crippen molar-refractivity contribution in [3.8, 4) is 0 Å². The average molecular weight is 255 g/mol. The lowest BCUT2D eigenvalue weighted by molar-refractivity contribution is -0.137. The van der Waals surface area contributed by atoms with Gasteiger partial charge in [0.25, 0.3) is 0 Å². The highest BCUT2D eigenvalue weighted by molar-refractivity contribution is 5.67. The van der Waals surface area contributed by atoms with Gasteiger partial charge in [0.1, 0.15) is 0 Å². The highest BCUT2D eigenvalue weighted by atomic mass is 16.4. The SMILES string of the molecule is C[C@H](CCCC1CCCC1)CC[C@H](N)CC(=O)O. The minimum absolute atomic E-state index is 0.106. The third-order valence-electron chi connectivity index (χ3n) is 4.25. The van der Waals surface area contributed by atoms with Crippen LogP contribution in [0.1, 0.15) is 71.1 Å². The maximum absolute atomic E-state index is 10.5. The van der Waals surface area contributed by atoms with Gasteiger partial charge < -0.3 is 10.8 Å². The van der Waals surface area contributed by atoms with Crippen molar-refractivity contribution in [1.82, 2.24) is 0 Å². The van der Waals surface area contributed by atoms with E-state index >= 15 is 0 Å². The van der Waals surface area contributed by atoms with Crippen molar-refractivity contribution in [3.63, 3.8) is 0 Å². The topological polar surface area (TPSA) is 63.3 Å². The van der Waals surface area contributed by atoms with Crippen LogP contribution in [0.25, 0.3) is 0 Å². The van der Waals surface area contributed by atoms with Gasteiger partial charge in [0.2, 0.25) is 0 Å². The van der Waals surface area contributed by atoms with Gasteiger partial charge in [-0.1, -0.05) is 51.9 Å². The van der Waals surface area contributed by atoms with Gasteiger partial charge in [-0.3, -0.25) is 4.79 Å². The summed E-state index contributed by atoms with van der Waals surface area (Å²) in [5.74, 6) is 0.897. The molecule has 0 heterocycles. The Kier molecular flexibility index (Phi) is 7.33.